The summed E-state index contributed by atoms with van der Waals surface area (Å²) in [7, 11) is 0. The number of amides is 2. The number of rotatable bonds is 10. The van der Waals surface area contributed by atoms with E-state index in [0.717, 1.165) is 22.7 Å². The molecule has 2 amide bonds. The molecular weight excluding hydrogens is 586 g/mol. The number of hydrogen-bond donors (Lipinski definition) is 3. The zero-order chi connectivity index (χ0) is 30.6. The number of hydrogen-bond acceptors (Lipinski definition) is 14. The number of oxime groups is 1. The van der Waals surface area contributed by atoms with Gasteiger partial charge >= 0.3 is 11.9 Å². The van der Waals surface area contributed by atoms with Crippen LogP contribution in [-0.4, -0.2) is 67.7 Å². The number of carbonyl (C=O) groups excluding carboxylic acids is 4. The molecule has 0 radical (unpaired) electrons. The van der Waals surface area contributed by atoms with E-state index < -0.39 is 47.4 Å². The first-order valence-electron chi connectivity index (χ1n) is 12.8. The van der Waals surface area contributed by atoms with Crippen LogP contribution in [0.25, 0.3) is 0 Å². The molecule has 42 heavy (non-hydrogen) atoms. The van der Waals surface area contributed by atoms with Crippen LogP contribution >= 0.6 is 23.3 Å². The van der Waals surface area contributed by atoms with Gasteiger partial charge in [0.05, 0.1) is 5.41 Å². The number of anilines is 1. The molecule has 16 heteroatoms. The maximum atomic E-state index is 13.3. The minimum Gasteiger partial charge on any atom is -0.427 e. The van der Waals surface area contributed by atoms with E-state index in [4.69, 9.17) is 25.8 Å². The number of benzene rings is 1. The monoisotopic (exact) mass is 617 g/mol. The molecule has 0 aliphatic carbocycles. The lowest BCUT2D eigenvalue weighted by molar-refractivity contribution is -0.173. The first-order chi connectivity index (χ1) is 19.9. The van der Waals surface area contributed by atoms with Crippen LogP contribution in [0.1, 0.15) is 44.6 Å². The quantitative estimate of drug-likeness (QED) is 0.113. The Bertz CT molecular complexity index is 1430. The zero-order valence-electron chi connectivity index (χ0n) is 23.4. The third-order valence-corrected chi connectivity index (χ3v) is 8.11. The summed E-state index contributed by atoms with van der Waals surface area (Å²) in [6.07, 6.45) is 0. The van der Waals surface area contributed by atoms with Gasteiger partial charge in [-0.2, -0.15) is 9.36 Å². The number of nitrogens with one attached hydrogen (secondary N) is 1. The van der Waals surface area contributed by atoms with E-state index in [1.807, 2.05) is 24.3 Å². The number of thioether (sulfide) groups is 1. The average Bonchev–Trinajstić information content (AvgIpc) is 3.38. The van der Waals surface area contributed by atoms with Crippen molar-refractivity contribution in [1.29, 1.82) is 0 Å². The lowest BCUT2D eigenvalue weighted by Crippen LogP contribution is -2.71. The standard InChI is InChI=1S/C26H31N7O7S2/c1-13-11-41-22-17(21(35)33(22)18(13)23(36)38-12-39-24(37)26(2,3)4)29-20(34)16(19-30-25(28)42-32-19)31-40-10-15-7-5-14(9-27)6-8-15/h5-8,17,22H,9-12,27H2,1-4H3,(H,29,34)(H2,28,30,32)/b31-16+/t17?,22-/m1/s1. The topological polar surface area (TPSA) is 201 Å². The number of nitrogens with two attached hydrogens (primary N) is 2. The molecule has 4 rings (SSSR count). The first kappa shape index (κ1) is 30.9. The normalized spacial score (nSPS) is 18.6. The van der Waals surface area contributed by atoms with Gasteiger partial charge in [-0.05, 0) is 44.4 Å². The van der Waals surface area contributed by atoms with Gasteiger partial charge in [0, 0.05) is 23.8 Å². The van der Waals surface area contributed by atoms with Gasteiger partial charge in [0.2, 0.25) is 18.3 Å². The second kappa shape index (κ2) is 12.9. The Balaban J connectivity index is 1.42. The minimum atomic E-state index is -0.970. The first-order valence-corrected chi connectivity index (χ1v) is 14.6. The van der Waals surface area contributed by atoms with Crippen molar-refractivity contribution >= 4 is 57.9 Å². The minimum absolute atomic E-state index is 0.0490. The summed E-state index contributed by atoms with van der Waals surface area (Å²) in [6, 6.07) is 6.39. The van der Waals surface area contributed by atoms with Crippen molar-refractivity contribution in [2.45, 2.75) is 52.3 Å². The Morgan fingerprint density at radius 1 is 1.17 bits per heavy atom. The fraction of sp³-hybridized carbons (Fsp3) is 0.423. The largest absolute Gasteiger partial charge is 0.427 e. The highest BCUT2D eigenvalue weighted by Gasteiger charge is 2.54. The molecule has 1 fully saturated rings. The van der Waals surface area contributed by atoms with Crippen LogP contribution in [0.4, 0.5) is 5.13 Å². The Hall–Kier alpha value is -4.02. The van der Waals surface area contributed by atoms with Gasteiger partial charge in [-0.15, -0.1) is 11.8 Å². The SMILES string of the molecule is CC1=C(C(=O)OCOC(=O)C(C)(C)C)N2C(=O)C(NC(=O)/C(=N/OCc3ccc(CN)cc3)c3nsc(N)n3)[C@H]2SC1. The summed E-state index contributed by atoms with van der Waals surface area (Å²) in [5.74, 6) is -2.28. The van der Waals surface area contributed by atoms with Crippen molar-refractivity contribution in [3.63, 3.8) is 0 Å². The van der Waals surface area contributed by atoms with Gasteiger partial charge in [0.15, 0.2) is 5.13 Å². The second-order valence-corrected chi connectivity index (χ2v) is 12.3. The van der Waals surface area contributed by atoms with Gasteiger partial charge in [-0.3, -0.25) is 19.3 Å². The molecule has 5 N–H and O–H groups in total. The van der Waals surface area contributed by atoms with E-state index in [1.165, 1.54) is 16.7 Å². The number of nitrogens with zero attached hydrogens (tertiary/aromatic N) is 4. The van der Waals surface area contributed by atoms with E-state index in [0.29, 0.717) is 17.9 Å². The fourth-order valence-corrected chi connectivity index (χ4v) is 5.58. The summed E-state index contributed by atoms with van der Waals surface area (Å²) in [6.45, 7) is 6.57. The zero-order valence-corrected chi connectivity index (χ0v) is 25.0. The van der Waals surface area contributed by atoms with E-state index >= 15 is 0 Å². The molecule has 224 valence electrons. The molecule has 14 nitrogen and oxygen atoms in total. The number of nitrogen functional groups attached to an aromatic ring is 1. The summed E-state index contributed by atoms with van der Waals surface area (Å²) in [5.41, 5.74) is 12.7. The molecular formula is C26H31N7O7S2. The molecule has 1 aromatic carbocycles. The van der Waals surface area contributed by atoms with Crippen molar-refractivity contribution < 1.29 is 33.5 Å². The Kier molecular flexibility index (Phi) is 9.48. The van der Waals surface area contributed by atoms with Crippen LogP contribution in [0.5, 0.6) is 0 Å². The number of β-lactam (4-membered cyclic amide) rings is 1. The van der Waals surface area contributed by atoms with Crippen LogP contribution < -0.4 is 16.8 Å². The van der Waals surface area contributed by atoms with Crippen molar-refractivity contribution in [2.24, 2.45) is 16.3 Å². The smallest absolute Gasteiger partial charge is 0.357 e. The number of carbonyl (C=O) groups is 4. The van der Waals surface area contributed by atoms with Crippen LogP contribution in [0, 0.1) is 5.41 Å². The van der Waals surface area contributed by atoms with Crippen molar-refractivity contribution in [3.8, 4) is 0 Å². The second-order valence-electron chi connectivity index (χ2n) is 10.4. The molecule has 2 aliphatic heterocycles. The number of aromatic nitrogens is 2. The number of esters is 2. The third kappa shape index (κ3) is 6.88. The molecule has 2 aromatic rings. The molecule has 2 aliphatic rings. The summed E-state index contributed by atoms with van der Waals surface area (Å²) >= 11 is 2.24. The molecule has 1 unspecified atom stereocenters. The van der Waals surface area contributed by atoms with E-state index in [2.05, 4.69) is 19.8 Å². The summed E-state index contributed by atoms with van der Waals surface area (Å²) in [4.78, 5) is 62.0. The van der Waals surface area contributed by atoms with Crippen molar-refractivity contribution in [2.75, 3.05) is 18.3 Å². The Morgan fingerprint density at radius 3 is 2.48 bits per heavy atom. The Labute approximate surface area is 250 Å². The molecule has 3 heterocycles. The Morgan fingerprint density at radius 2 is 1.86 bits per heavy atom. The van der Waals surface area contributed by atoms with Gasteiger partial charge in [-0.25, -0.2) is 4.79 Å². The van der Waals surface area contributed by atoms with Crippen LogP contribution in [-0.2, 0) is 46.6 Å². The molecule has 0 spiro atoms. The lowest BCUT2D eigenvalue weighted by Gasteiger charge is -2.49. The van der Waals surface area contributed by atoms with Crippen LogP contribution in [0.3, 0.4) is 0 Å². The highest BCUT2D eigenvalue weighted by molar-refractivity contribution is 8.00. The van der Waals surface area contributed by atoms with Crippen LogP contribution in [0.2, 0.25) is 0 Å². The van der Waals surface area contributed by atoms with Crippen LogP contribution in [0.15, 0.2) is 40.7 Å². The maximum absolute atomic E-state index is 13.3. The average molecular weight is 618 g/mol. The summed E-state index contributed by atoms with van der Waals surface area (Å²) < 4.78 is 14.2. The highest BCUT2D eigenvalue weighted by Crippen LogP contribution is 2.40. The maximum Gasteiger partial charge on any atom is 0.357 e. The predicted octanol–water partition coefficient (Wildman–Crippen LogP) is 1.26. The molecule has 1 saturated heterocycles. The van der Waals surface area contributed by atoms with Gasteiger partial charge in [0.1, 0.15) is 23.7 Å². The summed E-state index contributed by atoms with van der Waals surface area (Å²) in [5, 5.41) is 6.14. The van der Waals surface area contributed by atoms with E-state index in [9.17, 15) is 19.2 Å². The van der Waals surface area contributed by atoms with Gasteiger partial charge < -0.3 is 31.1 Å². The van der Waals surface area contributed by atoms with Crippen molar-refractivity contribution in [3.05, 3.63) is 52.5 Å². The molecule has 1 aromatic heterocycles. The molecule has 0 bridgehead atoms. The third-order valence-electron chi connectivity index (χ3n) is 6.15. The molecule has 0 saturated carbocycles. The van der Waals surface area contributed by atoms with Gasteiger partial charge in [-0.1, -0.05) is 29.4 Å². The van der Waals surface area contributed by atoms with Gasteiger partial charge in [0.25, 0.3) is 11.8 Å². The highest BCUT2D eigenvalue weighted by atomic mass is 32.2. The van der Waals surface area contributed by atoms with Crippen molar-refractivity contribution in [1.82, 2.24) is 19.6 Å². The van der Waals surface area contributed by atoms with E-state index in [-0.39, 0.29) is 29.0 Å². The fourth-order valence-electron chi connectivity index (χ4n) is 3.85. The lowest BCUT2D eigenvalue weighted by atomic mass is 9.98. The number of fused-ring (bicyclic) bond motifs is 1. The predicted molar refractivity (Wildman–Crippen MR) is 154 cm³/mol. The number of ether oxygens (including phenoxy) is 2. The molecule has 2 atom stereocenters. The van der Waals surface area contributed by atoms with E-state index in [1.54, 1.807) is 27.7 Å².